The highest BCUT2D eigenvalue weighted by Crippen LogP contribution is 2.21. The lowest BCUT2D eigenvalue weighted by atomic mass is 10.3. The molecule has 0 radical (unpaired) electrons. The SMILES string of the molecule is COc1cccc(S(=O)(=O)Cc2csc(C(=O)O)n2)c1. The molecule has 1 heterocycles. The van der Waals surface area contributed by atoms with Gasteiger partial charge in [0.2, 0.25) is 5.01 Å². The number of ether oxygens (including phenoxy) is 1. The first-order valence-corrected chi connectivity index (χ1v) is 8.00. The first-order chi connectivity index (χ1) is 9.42. The van der Waals surface area contributed by atoms with E-state index in [1.807, 2.05) is 0 Å². The van der Waals surface area contributed by atoms with Gasteiger partial charge in [0.05, 0.1) is 23.5 Å². The number of benzene rings is 1. The van der Waals surface area contributed by atoms with Gasteiger partial charge in [0.15, 0.2) is 9.84 Å². The number of hydrogen-bond donors (Lipinski definition) is 1. The van der Waals surface area contributed by atoms with Crippen LogP contribution in [0.1, 0.15) is 15.5 Å². The summed E-state index contributed by atoms with van der Waals surface area (Å²) in [5, 5.41) is 10.1. The Morgan fingerprint density at radius 3 is 2.80 bits per heavy atom. The lowest BCUT2D eigenvalue weighted by Crippen LogP contribution is -2.06. The van der Waals surface area contributed by atoms with Crippen LogP contribution in [-0.4, -0.2) is 31.6 Å². The van der Waals surface area contributed by atoms with Crippen molar-refractivity contribution in [2.45, 2.75) is 10.6 Å². The Bertz CT molecular complexity index is 736. The zero-order chi connectivity index (χ0) is 14.8. The van der Waals surface area contributed by atoms with Crippen molar-refractivity contribution in [3.8, 4) is 5.75 Å². The second-order valence-corrected chi connectivity index (χ2v) is 6.73. The van der Waals surface area contributed by atoms with Gasteiger partial charge in [-0.2, -0.15) is 0 Å². The average Bonchev–Trinajstić information content (AvgIpc) is 2.87. The summed E-state index contributed by atoms with van der Waals surface area (Å²) in [6, 6.07) is 6.10. The summed E-state index contributed by atoms with van der Waals surface area (Å²) < 4.78 is 29.4. The van der Waals surface area contributed by atoms with Gasteiger partial charge in [-0.1, -0.05) is 6.07 Å². The van der Waals surface area contributed by atoms with Gasteiger partial charge < -0.3 is 9.84 Å². The third-order valence-electron chi connectivity index (χ3n) is 2.47. The Labute approximate surface area is 119 Å². The van der Waals surface area contributed by atoms with Crippen LogP contribution in [0.4, 0.5) is 0 Å². The van der Waals surface area contributed by atoms with Crippen molar-refractivity contribution in [2.75, 3.05) is 7.11 Å². The van der Waals surface area contributed by atoms with Crippen LogP contribution in [0.5, 0.6) is 5.75 Å². The molecule has 0 saturated heterocycles. The molecule has 1 aromatic carbocycles. The zero-order valence-electron chi connectivity index (χ0n) is 10.4. The summed E-state index contributed by atoms with van der Waals surface area (Å²) in [7, 11) is -2.14. The molecule has 0 fully saturated rings. The molecular formula is C12H11NO5S2. The van der Waals surface area contributed by atoms with Crippen molar-refractivity contribution in [1.82, 2.24) is 4.98 Å². The van der Waals surface area contributed by atoms with Crippen LogP contribution in [0.25, 0.3) is 0 Å². The number of sulfone groups is 1. The molecule has 2 aromatic rings. The number of thiazole rings is 1. The maximum atomic E-state index is 12.2. The summed E-state index contributed by atoms with van der Waals surface area (Å²) >= 11 is 0.901. The number of hydrogen-bond acceptors (Lipinski definition) is 6. The molecule has 1 N–H and O–H groups in total. The standard InChI is InChI=1S/C12H11NO5S2/c1-18-9-3-2-4-10(5-9)20(16,17)7-8-6-19-11(13-8)12(14)15/h2-6H,7H2,1H3,(H,14,15). The van der Waals surface area contributed by atoms with Gasteiger partial charge in [0.1, 0.15) is 5.75 Å². The quantitative estimate of drug-likeness (QED) is 0.905. The fourth-order valence-electron chi connectivity index (χ4n) is 1.54. The van der Waals surface area contributed by atoms with Gasteiger partial charge in [0.25, 0.3) is 0 Å². The molecular weight excluding hydrogens is 302 g/mol. The number of carbonyl (C=O) groups is 1. The third kappa shape index (κ3) is 3.14. The Morgan fingerprint density at radius 2 is 2.20 bits per heavy atom. The molecule has 8 heteroatoms. The minimum absolute atomic E-state index is 0.113. The maximum Gasteiger partial charge on any atom is 0.365 e. The fourth-order valence-corrected chi connectivity index (χ4v) is 3.59. The van der Waals surface area contributed by atoms with Crippen LogP contribution in [-0.2, 0) is 15.6 Å². The maximum absolute atomic E-state index is 12.2. The highest BCUT2D eigenvalue weighted by molar-refractivity contribution is 7.90. The van der Waals surface area contributed by atoms with E-state index in [0.29, 0.717) is 5.75 Å². The molecule has 0 aliphatic carbocycles. The van der Waals surface area contributed by atoms with Gasteiger partial charge >= 0.3 is 5.97 Å². The predicted octanol–water partition coefficient (Wildman–Crippen LogP) is 1.82. The zero-order valence-corrected chi connectivity index (χ0v) is 12.1. The van der Waals surface area contributed by atoms with E-state index in [0.717, 1.165) is 11.3 Å². The summed E-state index contributed by atoms with van der Waals surface area (Å²) in [6.07, 6.45) is 0. The van der Waals surface area contributed by atoms with Crippen LogP contribution in [0, 0.1) is 0 Å². The number of nitrogens with zero attached hydrogens (tertiary/aromatic N) is 1. The number of carboxylic acids is 1. The molecule has 0 bridgehead atoms. The number of methoxy groups -OCH3 is 1. The summed E-state index contributed by atoms with van der Waals surface area (Å²) in [6.45, 7) is 0. The third-order valence-corrected chi connectivity index (χ3v) is 5.00. The number of aromatic nitrogens is 1. The van der Waals surface area contributed by atoms with Crippen LogP contribution < -0.4 is 4.74 Å². The number of rotatable bonds is 5. The van der Waals surface area contributed by atoms with Gasteiger partial charge in [0, 0.05) is 5.38 Å². The van der Waals surface area contributed by atoms with E-state index in [1.165, 1.54) is 24.6 Å². The fraction of sp³-hybridized carbons (Fsp3) is 0.167. The van der Waals surface area contributed by atoms with Crippen molar-refractivity contribution < 1.29 is 23.1 Å². The molecule has 0 unspecified atom stereocenters. The van der Waals surface area contributed by atoms with Crippen LogP contribution in [0.3, 0.4) is 0 Å². The van der Waals surface area contributed by atoms with Gasteiger partial charge in [-0.05, 0) is 18.2 Å². The van der Waals surface area contributed by atoms with Crippen molar-refractivity contribution in [3.05, 3.63) is 40.3 Å². The minimum Gasteiger partial charge on any atom is -0.497 e. The molecule has 1 aromatic heterocycles. The number of carboxylic acid groups (broad SMARTS) is 1. The molecule has 0 aliphatic heterocycles. The van der Waals surface area contributed by atoms with Crippen molar-refractivity contribution in [2.24, 2.45) is 0 Å². The minimum atomic E-state index is -3.59. The van der Waals surface area contributed by atoms with Crippen LogP contribution in [0.15, 0.2) is 34.5 Å². The Balaban J connectivity index is 2.27. The highest BCUT2D eigenvalue weighted by atomic mass is 32.2. The lowest BCUT2D eigenvalue weighted by molar-refractivity contribution is 0.0696. The molecule has 0 atom stereocenters. The largest absolute Gasteiger partial charge is 0.497 e. The highest BCUT2D eigenvalue weighted by Gasteiger charge is 2.19. The first kappa shape index (κ1) is 14.5. The molecule has 2 rings (SSSR count). The van der Waals surface area contributed by atoms with Gasteiger partial charge in [-0.15, -0.1) is 11.3 Å². The number of aromatic carboxylic acids is 1. The van der Waals surface area contributed by atoms with E-state index in [4.69, 9.17) is 9.84 Å². The second kappa shape index (κ2) is 5.59. The van der Waals surface area contributed by atoms with Crippen molar-refractivity contribution in [1.29, 1.82) is 0 Å². The Hall–Kier alpha value is -1.93. The monoisotopic (exact) mass is 313 g/mol. The normalized spacial score (nSPS) is 11.2. The smallest absolute Gasteiger partial charge is 0.365 e. The molecule has 0 amide bonds. The van der Waals surface area contributed by atoms with E-state index in [9.17, 15) is 13.2 Å². The predicted molar refractivity (Wildman–Crippen MR) is 73.0 cm³/mol. The average molecular weight is 313 g/mol. The topological polar surface area (TPSA) is 93.6 Å². The first-order valence-electron chi connectivity index (χ1n) is 5.47. The lowest BCUT2D eigenvalue weighted by Gasteiger charge is -2.05. The second-order valence-electron chi connectivity index (χ2n) is 3.89. The summed E-state index contributed by atoms with van der Waals surface area (Å²) in [5.41, 5.74) is 0.218. The molecule has 0 aliphatic rings. The van der Waals surface area contributed by atoms with Crippen molar-refractivity contribution >= 4 is 27.1 Å². The van der Waals surface area contributed by atoms with Crippen LogP contribution in [0.2, 0.25) is 0 Å². The summed E-state index contributed by atoms with van der Waals surface area (Å²) in [5.74, 6) is -1.07. The van der Waals surface area contributed by atoms with E-state index in [2.05, 4.69) is 4.98 Å². The molecule has 20 heavy (non-hydrogen) atoms. The Kier molecular flexibility index (Phi) is 4.05. The van der Waals surface area contributed by atoms with Gasteiger partial charge in [-0.25, -0.2) is 18.2 Å². The van der Waals surface area contributed by atoms with E-state index in [1.54, 1.807) is 12.1 Å². The van der Waals surface area contributed by atoms with Crippen molar-refractivity contribution in [3.63, 3.8) is 0 Å². The molecule has 106 valence electrons. The molecule has 6 nitrogen and oxygen atoms in total. The molecule has 0 saturated carbocycles. The van der Waals surface area contributed by atoms with Crippen LogP contribution >= 0.6 is 11.3 Å². The van der Waals surface area contributed by atoms with E-state index >= 15 is 0 Å². The summed E-state index contributed by atoms with van der Waals surface area (Å²) in [4.78, 5) is 14.6. The van der Waals surface area contributed by atoms with E-state index < -0.39 is 15.8 Å². The molecule has 0 spiro atoms. The Morgan fingerprint density at radius 1 is 1.45 bits per heavy atom. The van der Waals surface area contributed by atoms with Gasteiger partial charge in [-0.3, -0.25) is 0 Å². The van der Waals surface area contributed by atoms with E-state index in [-0.39, 0.29) is 21.3 Å².